The Hall–Kier alpha value is -3.70. The van der Waals surface area contributed by atoms with Crippen LogP contribution in [0.4, 0.5) is 17.3 Å². The normalized spacial score (nSPS) is 11.8. The van der Waals surface area contributed by atoms with E-state index in [1.165, 1.54) is 6.07 Å². The smallest absolute Gasteiger partial charge is 0.252 e. The van der Waals surface area contributed by atoms with Crippen LogP contribution in [0, 0.1) is 17.2 Å². The number of nitrogens with two attached hydrogens (primary N) is 2. The van der Waals surface area contributed by atoms with Crippen molar-refractivity contribution in [1.29, 1.82) is 5.26 Å². The second kappa shape index (κ2) is 9.20. The van der Waals surface area contributed by atoms with Gasteiger partial charge in [-0.1, -0.05) is 19.9 Å². The zero-order valence-electron chi connectivity index (χ0n) is 17.0. The van der Waals surface area contributed by atoms with Gasteiger partial charge in [0, 0.05) is 29.9 Å². The Bertz CT molecular complexity index is 1100. The molecule has 0 radical (unpaired) electrons. The predicted octanol–water partition coefficient (Wildman–Crippen LogP) is 3.13. The Balaban J connectivity index is 2.00. The number of benzene rings is 1. The van der Waals surface area contributed by atoms with Gasteiger partial charge >= 0.3 is 0 Å². The Morgan fingerprint density at radius 1 is 1.23 bits per heavy atom. The maximum atomic E-state index is 12.0. The number of carbonyl (C=O) groups is 1. The van der Waals surface area contributed by atoms with Crippen LogP contribution < -0.4 is 22.1 Å². The van der Waals surface area contributed by atoms with Crippen molar-refractivity contribution in [2.24, 2.45) is 17.4 Å². The molecule has 0 aliphatic heterocycles. The number of carbonyl (C=O) groups excluding carboxylic acids is 1. The second-order valence-electron chi connectivity index (χ2n) is 7.50. The number of fused-ring (bicyclic) bond motifs is 1. The highest BCUT2D eigenvalue weighted by Crippen LogP contribution is 2.26. The van der Waals surface area contributed by atoms with Gasteiger partial charge in [0.1, 0.15) is 17.7 Å². The first-order valence-electron chi connectivity index (χ1n) is 9.74. The van der Waals surface area contributed by atoms with Gasteiger partial charge in [-0.15, -0.1) is 0 Å². The van der Waals surface area contributed by atoms with E-state index in [-0.39, 0.29) is 23.0 Å². The molecule has 0 saturated heterocycles. The molecule has 8 nitrogen and oxygen atoms in total. The van der Waals surface area contributed by atoms with Crippen molar-refractivity contribution >= 4 is 34.1 Å². The lowest BCUT2D eigenvalue weighted by Crippen LogP contribution is -2.31. The third-order valence-electron chi connectivity index (χ3n) is 4.66. The lowest BCUT2D eigenvalue weighted by atomic mass is 10.0. The van der Waals surface area contributed by atoms with Gasteiger partial charge in [0.2, 0.25) is 0 Å². The van der Waals surface area contributed by atoms with E-state index in [9.17, 15) is 10.1 Å². The number of amides is 1. The van der Waals surface area contributed by atoms with Crippen molar-refractivity contribution in [2.75, 3.05) is 17.2 Å². The Morgan fingerprint density at radius 2 is 2.03 bits per heavy atom. The molecule has 2 heterocycles. The Morgan fingerprint density at radius 3 is 2.70 bits per heavy atom. The molecule has 1 aromatic carbocycles. The van der Waals surface area contributed by atoms with Crippen LogP contribution in [-0.4, -0.2) is 28.5 Å². The molecule has 1 amide bonds. The predicted molar refractivity (Wildman–Crippen MR) is 118 cm³/mol. The summed E-state index contributed by atoms with van der Waals surface area (Å²) < 4.78 is 0. The van der Waals surface area contributed by atoms with Crippen LogP contribution in [0.2, 0.25) is 0 Å². The SMILES string of the molecule is CC(C)CC(CN)Nc1nc(Nc2ccc3ncccc3c2)c(C(N)=O)cc1C#N. The summed E-state index contributed by atoms with van der Waals surface area (Å²) in [5.41, 5.74) is 13.4. The van der Waals surface area contributed by atoms with Crippen LogP contribution in [0.15, 0.2) is 42.6 Å². The van der Waals surface area contributed by atoms with Gasteiger partial charge in [0.15, 0.2) is 0 Å². The summed E-state index contributed by atoms with van der Waals surface area (Å²) >= 11 is 0. The molecule has 0 saturated carbocycles. The van der Waals surface area contributed by atoms with Crippen LogP contribution in [0.5, 0.6) is 0 Å². The molecule has 3 rings (SSSR count). The molecule has 0 fully saturated rings. The molecule has 3 aromatic rings. The zero-order valence-corrected chi connectivity index (χ0v) is 17.0. The minimum atomic E-state index is -0.673. The number of aromatic nitrogens is 2. The molecule has 8 heteroatoms. The lowest BCUT2D eigenvalue weighted by molar-refractivity contribution is 0.100. The summed E-state index contributed by atoms with van der Waals surface area (Å²) in [6.07, 6.45) is 2.55. The van der Waals surface area contributed by atoms with Gasteiger partial charge in [-0.25, -0.2) is 4.98 Å². The summed E-state index contributed by atoms with van der Waals surface area (Å²) in [5, 5.41) is 16.9. The van der Waals surface area contributed by atoms with Crippen molar-refractivity contribution in [3.05, 3.63) is 53.7 Å². The molecule has 30 heavy (non-hydrogen) atoms. The topological polar surface area (TPSA) is 143 Å². The minimum absolute atomic E-state index is 0.0522. The Kier molecular flexibility index (Phi) is 6.45. The third kappa shape index (κ3) is 4.82. The summed E-state index contributed by atoms with van der Waals surface area (Å²) in [4.78, 5) is 20.8. The number of nitrogens with zero attached hydrogens (tertiary/aromatic N) is 3. The molecule has 1 unspecified atom stereocenters. The van der Waals surface area contributed by atoms with E-state index in [2.05, 4.69) is 40.5 Å². The average Bonchev–Trinajstić information content (AvgIpc) is 2.72. The first-order chi connectivity index (χ1) is 14.4. The molecule has 6 N–H and O–H groups in total. The summed E-state index contributed by atoms with van der Waals surface area (Å²) in [5.74, 6) is 0.384. The largest absolute Gasteiger partial charge is 0.365 e. The summed E-state index contributed by atoms with van der Waals surface area (Å²) in [7, 11) is 0. The maximum Gasteiger partial charge on any atom is 0.252 e. The molecule has 1 atom stereocenters. The second-order valence-corrected chi connectivity index (χ2v) is 7.50. The van der Waals surface area contributed by atoms with E-state index < -0.39 is 5.91 Å². The molecule has 2 aromatic heterocycles. The van der Waals surface area contributed by atoms with Crippen LogP contribution >= 0.6 is 0 Å². The van der Waals surface area contributed by atoms with Crippen molar-refractivity contribution < 1.29 is 4.79 Å². The summed E-state index contributed by atoms with van der Waals surface area (Å²) in [6, 6.07) is 12.9. The van der Waals surface area contributed by atoms with E-state index in [1.54, 1.807) is 6.20 Å². The lowest BCUT2D eigenvalue weighted by Gasteiger charge is -2.21. The fourth-order valence-electron chi connectivity index (χ4n) is 3.26. The van der Waals surface area contributed by atoms with E-state index >= 15 is 0 Å². The van der Waals surface area contributed by atoms with Crippen LogP contribution in [0.25, 0.3) is 10.9 Å². The number of nitrogens with one attached hydrogen (secondary N) is 2. The van der Waals surface area contributed by atoms with E-state index in [0.717, 1.165) is 23.0 Å². The monoisotopic (exact) mass is 403 g/mol. The highest BCUT2D eigenvalue weighted by atomic mass is 16.1. The van der Waals surface area contributed by atoms with Gasteiger partial charge < -0.3 is 22.1 Å². The van der Waals surface area contributed by atoms with Crippen molar-refractivity contribution in [1.82, 2.24) is 9.97 Å². The van der Waals surface area contributed by atoms with Crippen molar-refractivity contribution in [3.63, 3.8) is 0 Å². The van der Waals surface area contributed by atoms with Crippen molar-refractivity contribution in [2.45, 2.75) is 26.3 Å². The third-order valence-corrected chi connectivity index (χ3v) is 4.66. The minimum Gasteiger partial charge on any atom is -0.365 e. The van der Waals surface area contributed by atoms with Gasteiger partial charge in [-0.05, 0) is 42.7 Å². The number of hydrogen-bond donors (Lipinski definition) is 4. The first-order valence-corrected chi connectivity index (χ1v) is 9.74. The van der Waals surface area contributed by atoms with Gasteiger partial charge in [0.25, 0.3) is 5.91 Å². The van der Waals surface area contributed by atoms with Crippen LogP contribution in [-0.2, 0) is 0 Å². The molecule has 0 bridgehead atoms. The number of pyridine rings is 2. The fraction of sp³-hybridized carbons (Fsp3) is 0.273. The number of primary amides is 1. The molecule has 154 valence electrons. The Labute approximate surface area is 175 Å². The van der Waals surface area contributed by atoms with E-state index in [4.69, 9.17) is 11.5 Å². The van der Waals surface area contributed by atoms with E-state index in [1.807, 2.05) is 30.3 Å². The number of anilines is 3. The average molecular weight is 403 g/mol. The highest BCUT2D eigenvalue weighted by Gasteiger charge is 2.18. The van der Waals surface area contributed by atoms with Crippen LogP contribution in [0.3, 0.4) is 0 Å². The molecule has 0 spiro atoms. The molecule has 0 aliphatic rings. The number of hydrogen-bond acceptors (Lipinski definition) is 7. The van der Waals surface area contributed by atoms with Crippen LogP contribution in [0.1, 0.15) is 36.2 Å². The van der Waals surface area contributed by atoms with Crippen molar-refractivity contribution in [3.8, 4) is 6.07 Å². The molecular formula is C22H25N7O. The number of nitriles is 1. The van der Waals surface area contributed by atoms with E-state index in [0.29, 0.717) is 18.3 Å². The number of rotatable bonds is 8. The molecule has 0 aliphatic carbocycles. The standard InChI is InChI=1S/C22H25N7O/c1-13(2)8-17(12-24)28-21-15(11-23)10-18(20(25)30)22(29-21)27-16-5-6-19-14(9-16)4-3-7-26-19/h3-7,9-10,13,17H,8,12,24H2,1-2H3,(H2,25,30)(H2,27,28,29). The quantitative estimate of drug-likeness (QED) is 0.452. The first kappa shape index (κ1) is 21.0. The molecular weight excluding hydrogens is 378 g/mol. The van der Waals surface area contributed by atoms with Gasteiger partial charge in [-0.2, -0.15) is 5.26 Å². The van der Waals surface area contributed by atoms with Gasteiger partial charge in [-0.3, -0.25) is 9.78 Å². The fourth-order valence-corrected chi connectivity index (χ4v) is 3.26. The highest BCUT2D eigenvalue weighted by molar-refractivity contribution is 5.99. The zero-order chi connectivity index (χ0) is 21.7. The maximum absolute atomic E-state index is 12.0. The summed E-state index contributed by atoms with van der Waals surface area (Å²) in [6.45, 7) is 4.59. The van der Waals surface area contributed by atoms with Gasteiger partial charge in [0.05, 0.1) is 16.6 Å².